The summed E-state index contributed by atoms with van der Waals surface area (Å²) in [5.74, 6) is -0.576. The number of aromatic nitrogens is 1. The van der Waals surface area contributed by atoms with Crippen LogP contribution in [0.3, 0.4) is 0 Å². The number of hydrogen-bond donors (Lipinski definition) is 4. The fourth-order valence-electron chi connectivity index (χ4n) is 5.14. The number of alkyl halides is 3. The third-order valence-electron chi connectivity index (χ3n) is 7.54. The summed E-state index contributed by atoms with van der Waals surface area (Å²) in [6.45, 7) is 4.36. The zero-order valence-electron chi connectivity index (χ0n) is 25.9. The van der Waals surface area contributed by atoms with Crippen molar-refractivity contribution < 1.29 is 49.4 Å². The fraction of sp³-hybridized carbons (Fsp3) is 0.433. The average Bonchev–Trinajstić information content (AvgIpc) is 2.92. The molecule has 1 heterocycles. The number of H-pyrrole nitrogens is 1. The van der Waals surface area contributed by atoms with Crippen molar-refractivity contribution in [1.82, 2.24) is 5.32 Å². The first-order valence-corrected chi connectivity index (χ1v) is 14.1. The largest absolute Gasteiger partial charge is 0.416 e. The molecule has 2 aromatic carbocycles. The number of hydrogen-bond acceptors (Lipinski definition) is 2. The molecule has 3 aromatic rings. The second-order valence-corrected chi connectivity index (χ2v) is 11.0. The highest BCUT2D eigenvalue weighted by atomic mass is 35.5. The van der Waals surface area contributed by atoms with Gasteiger partial charge in [-0.15, -0.1) is 62.0 Å². The average molecular weight is 760 g/mol. The van der Waals surface area contributed by atoms with E-state index in [4.69, 9.17) is 0 Å². The molecular weight excluding hydrogens is 711 g/mol. The van der Waals surface area contributed by atoms with E-state index in [2.05, 4.69) is 34.5 Å². The van der Waals surface area contributed by atoms with Gasteiger partial charge in [0, 0.05) is 36.3 Å². The molecule has 1 amide bonds. The van der Waals surface area contributed by atoms with E-state index in [9.17, 15) is 22.8 Å². The van der Waals surface area contributed by atoms with Crippen molar-refractivity contribution in [2.75, 3.05) is 39.8 Å². The maximum atomic E-state index is 13.5. The second-order valence-electron chi connectivity index (χ2n) is 11.0. The Morgan fingerprint density at radius 1 is 0.891 bits per heavy atom. The van der Waals surface area contributed by atoms with Crippen molar-refractivity contribution in [3.63, 3.8) is 0 Å². The molecule has 0 saturated heterocycles. The summed E-state index contributed by atoms with van der Waals surface area (Å²) >= 11 is 0. The Labute approximate surface area is 299 Å². The first-order chi connectivity index (χ1) is 19.4. The predicted molar refractivity (Wildman–Crippen MR) is 185 cm³/mol. The molecule has 16 heteroatoms. The van der Waals surface area contributed by atoms with Crippen molar-refractivity contribution in [3.8, 4) is 0 Å². The minimum atomic E-state index is -4.45. The number of carbonyl (C=O) groups excluding carboxylic acids is 2. The third-order valence-corrected chi connectivity index (χ3v) is 7.54. The van der Waals surface area contributed by atoms with Gasteiger partial charge in [0.2, 0.25) is 5.52 Å². The van der Waals surface area contributed by atoms with Gasteiger partial charge in [-0.25, -0.2) is 4.98 Å². The summed E-state index contributed by atoms with van der Waals surface area (Å²) in [7, 11) is 2.16. The molecule has 2 atom stereocenters. The lowest BCUT2D eigenvalue weighted by Crippen LogP contribution is -2.69. The lowest BCUT2D eigenvalue weighted by atomic mass is 9.96. The SMILES string of the molecule is C[N+](CC[NH3+])(CC[NH3+])CCC[C@H]([NH3+])C(=O)N[C@@H](Cc1ccc(C(F)(F)F)cc1)C(=O)Cc1c[nH+]c2ccccc2c1.Cl.Cl.Cl.Cl.Cl. The van der Waals surface area contributed by atoms with Crippen LogP contribution in [0.25, 0.3) is 10.9 Å². The number of quaternary nitrogens is 4. The highest BCUT2D eigenvalue weighted by Crippen LogP contribution is 2.29. The van der Waals surface area contributed by atoms with Crippen molar-refractivity contribution >= 4 is 84.6 Å². The summed E-state index contributed by atoms with van der Waals surface area (Å²) in [6.07, 6.45) is -1.23. The topological polar surface area (TPSA) is 143 Å². The third kappa shape index (κ3) is 14.9. The number of halogens is 8. The molecule has 0 bridgehead atoms. The highest BCUT2D eigenvalue weighted by Gasteiger charge is 2.31. The number of para-hydroxylation sites is 1. The van der Waals surface area contributed by atoms with Crippen molar-refractivity contribution in [3.05, 3.63) is 77.5 Å². The van der Waals surface area contributed by atoms with Crippen LogP contribution in [0, 0.1) is 0 Å². The maximum absolute atomic E-state index is 13.5. The van der Waals surface area contributed by atoms with Crippen LogP contribution in [0.2, 0.25) is 0 Å². The van der Waals surface area contributed by atoms with Crippen LogP contribution in [0.4, 0.5) is 13.2 Å². The number of rotatable bonds is 15. The van der Waals surface area contributed by atoms with E-state index in [1.54, 1.807) is 6.20 Å². The van der Waals surface area contributed by atoms with Crippen LogP contribution in [-0.4, -0.2) is 68.0 Å². The number of fused-ring (bicyclic) bond motifs is 1. The van der Waals surface area contributed by atoms with Crippen LogP contribution in [0.15, 0.2) is 60.8 Å². The van der Waals surface area contributed by atoms with Gasteiger partial charge in [0.05, 0.1) is 25.2 Å². The molecule has 0 radical (unpaired) electrons. The van der Waals surface area contributed by atoms with Crippen molar-refractivity contribution in [1.29, 1.82) is 0 Å². The quantitative estimate of drug-likeness (QED) is 0.176. The molecule has 3 rings (SSSR count). The Bertz CT molecular complexity index is 1320. The number of aromatic amines is 1. The molecule has 0 fully saturated rings. The standard InChI is InChI=1S/C30H39F3N6O2.5ClH/c1-39(15-12-34,16-13-35)14-4-6-25(36)29(41)38-27(18-21-8-10-24(11-9-21)30(31,32)33)28(40)19-22-17-23-5-2-3-7-26(23)37-20-22;;;;;/h2-3,5,7-11,17,20,25,27H,4,6,12-16,18-19,34-36H2,1H3;5*1H/p+5/t25-,27-;;;;;/m0...../s1. The van der Waals surface area contributed by atoms with Crippen LogP contribution >= 0.6 is 62.0 Å². The number of ketones is 1. The first-order valence-electron chi connectivity index (χ1n) is 14.1. The van der Waals surface area contributed by atoms with E-state index in [0.29, 0.717) is 12.0 Å². The Morgan fingerprint density at radius 2 is 1.48 bits per heavy atom. The van der Waals surface area contributed by atoms with Gasteiger partial charge in [0.1, 0.15) is 26.2 Å². The van der Waals surface area contributed by atoms with E-state index < -0.39 is 23.8 Å². The number of amides is 1. The molecule has 46 heavy (non-hydrogen) atoms. The summed E-state index contributed by atoms with van der Waals surface area (Å²) < 4.78 is 40.0. The summed E-state index contributed by atoms with van der Waals surface area (Å²) in [6, 6.07) is 12.8. The van der Waals surface area contributed by atoms with Gasteiger partial charge in [0.15, 0.2) is 18.0 Å². The number of nitrogens with one attached hydrogen (secondary N) is 2. The van der Waals surface area contributed by atoms with Gasteiger partial charge < -0.3 is 27.0 Å². The van der Waals surface area contributed by atoms with Gasteiger partial charge >= 0.3 is 6.18 Å². The Balaban J connectivity index is -0.00000370. The van der Waals surface area contributed by atoms with E-state index in [-0.39, 0.29) is 86.6 Å². The number of Topliss-reactive ketones (excluding diaryl/α,β-unsaturated/α-hetero) is 1. The summed E-state index contributed by atoms with van der Waals surface area (Å²) in [5.41, 5.74) is 13.4. The van der Waals surface area contributed by atoms with Crippen molar-refractivity contribution in [2.24, 2.45) is 0 Å². The molecule has 1 aromatic heterocycles. The first kappa shape index (κ1) is 48.5. The lowest BCUT2D eigenvalue weighted by molar-refractivity contribution is -0.918. The fourth-order valence-corrected chi connectivity index (χ4v) is 5.14. The molecule has 0 spiro atoms. The maximum Gasteiger partial charge on any atom is 0.416 e. The lowest BCUT2D eigenvalue weighted by Gasteiger charge is -2.32. The van der Waals surface area contributed by atoms with Gasteiger partial charge in [-0.2, -0.15) is 13.2 Å². The molecule has 262 valence electrons. The van der Waals surface area contributed by atoms with Crippen LogP contribution in [0.1, 0.15) is 29.5 Å². The van der Waals surface area contributed by atoms with E-state index in [1.165, 1.54) is 12.1 Å². The molecular formula is C30H49Cl5F3N6O2+5. The number of likely N-dealkylation sites (N-methyl/N-ethyl adjacent to an activating group) is 1. The molecule has 11 N–H and O–H groups in total. The van der Waals surface area contributed by atoms with Crippen LogP contribution in [-0.2, 0) is 28.6 Å². The number of nitrogens with zero attached hydrogens (tertiary/aromatic N) is 1. The minimum absolute atomic E-state index is 0. The van der Waals surface area contributed by atoms with Gasteiger partial charge in [0.25, 0.3) is 5.91 Å². The molecule has 0 aliphatic heterocycles. The summed E-state index contributed by atoms with van der Waals surface area (Å²) in [4.78, 5) is 29.8. The molecule has 0 saturated carbocycles. The predicted octanol–water partition coefficient (Wildman–Crippen LogP) is 1.94. The van der Waals surface area contributed by atoms with E-state index in [0.717, 1.165) is 72.2 Å². The Morgan fingerprint density at radius 3 is 2.04 bits per heavy atom. The van der Waals surface area contributed by atoms with Gasteiger partial charge in [-0.3, -0.25) is 9.59 Å². The molecule has 0 aliphatic carbocycles. The normalized spacial score (nSPS) is 12.2. The smallest absolute Gasteiger partial charge is 0.353 e. The minimum Gasteiger partial charge on any atom is -0.353 e. The number of pyridine rings is 1. The van der Waals surface area contributed by atoms with Crippen molar-refractivity contribution in [2.45, 2.75) is 43.9 Å². The molecule has 0 aliphatic rings. The van der Waals surface area contributed by atoms with E-state index in [1.807, 2.05) is 30.3 Å². The highest BCUT2D eigenvalue weighted by molar-refractivity contribution is 5.92. The van der Waals surface area contributed by atoms with Crippen LogP contribution < -0.4 is 27.5 Å². The molecule has 8 nitrogen and oxygen atoms in total. The summed E-state index contributed by atoms with van der Waals surface area (Å²) in [5, 5.41) is 3.80. The Hall–Kier alpha value is -1.93. The molecule has 0 unspecified atom stereocenters. The number of benzene rings is 2. The monoisotopic (exact) mass is 757 g/mol. The number of carbonyl (C=O) groups is 2. The van der Waals surface area contributed by atoms with Gasteiger partial charge in [-0.1, -0.05) is 24.3 Å². The van der Waals surface area contributed by atoms with Gasteiger partial charge in [-0.05, 0) is 36.2 Å². The van der Waals surface area contributed by atoms with Crippen LogP contribution in [0.5, 0.6) is 0 Å². The second kappa shape index (κ2) is 22.6. The van der Waals surface area contributed by atoms with E-state index >= 15 is 0 Å². The zero-order chi connectivity index (χ0) is 30.0. The zero-order valence-corrected chi connectivity index (χ0v) is 29.9. The Kier molecular flexibility index (Phi) is 23.8.